The van der Waals surface area contributed by atoms with Crippen LogP contribution in [0.15, 0.2) is 115 Å². The average molecular weight is 675 g/mol. The molecule has 1 aliphatic heterocycles. The summed E-state index contributed by atoms with van der Waals surface area (Å²) in [6.07, 6.45) is -0.107. The van der Waals surface area contributed by atoms with Crippen LogP contribution in [0.4, 0.5) is 10.1 Å². The van der Waals surface area contributed by atoms with Crippen LogP contribution in [0, 0.1) is 5.82 Å². The smallest absolute Gasteiger partial charge is 0.308 e. The number of amides is 1. The van der Waals surface area contributed by atoms with Gasteiger partial charge in [-0.05, 0) is 66.8 Å². The van der Waals surface area contributed by atoms with Crippen molar-refractivity contribution in [3.8, 4) is 22.4 Å². The van der Waals surface area contributed by atoms with Gasteiger partial charge in [0.25, 0.3) is 5.91 Å². The summed E-state index contributed by atoms with van der Waals surface area (Å²) in [5, 5.41) is 3.13. The Morgan fingerprint density at radius 3 is 2.10 bits per heavy atom. The van der Waals surface area contributed by atoms with Crippen LogP contribution in [0.25, 0.3) is 22.4 Å². The molecule has 3 atom stereocenters. The minimum Gasteiger partial charge on any atom is -0.466 e. The minimum absolute atomic E-state index is 0.0487. The Morgan fingerprint density at radius 1 is 0.840 bits per heavy atom. The van der Waals surface area contributed by atoms with E-state index >= 15 is 0 Å². The number of nitrogens with one attached hydrogen (secondary N) is 1. The molecule has 0 radical (unpaired) electrons. The average Bonchev–Trinajstić information content (AvgIpc) is 3.48. The summed E-state index contributed by atoms with van der Waals surface area (Å²) in [6, 6.07) is 35.4. The van der Waals surface area contributed by atoms with Gasteiger partial charge in [0, 0.05) is 35.5 Å². The molecular weight excluding hydrogens is 631 g/mol. The van der Waals surface area contributed by atoms with Gasteiger partial charge >= 0.3 is 5.97 Å². The van der Waals surface area contributed by atoms with Crippen LogP contribution in [-0.4, -0.2) is 35.3 Å². The first-order valence-corrected chi connectivity index (χ1v) is 17.3. The van der Waals surface area contributed by atoms with Crippen LogP contribution < -0.4 is 5.32 Å². The van der Waals surface area contributed by atoms with Crippen LogP contribution in [0.1, 0.15) is 73.9 Å². The van der Waals surface area contributed by atoms with Crippen molar-refractivity contribution >= 4 is 17.6 Å². The Labute approximate surface area is 293 Å². The molecule has 7 nitrogen and oxygen atoms in total. The topological polar surface area (TPSA) is 78.8 Å². The second-order valence-electron chi connectivity index (χ2n) is 12.8. The standard InChI is InChI=1S/C42H43FN2O5/c1-4-48-36(46)27-35-26-34(49-42(50-35)31-16-10-6-11-17-31)24-25-45-39(28(2)3)38(41(47)44-33-18-12-7-13-19-33)37(29-14-8-5-9-15-29)40(45)30-20-22-32(43)23-21-30/h5-23,28,34-35,42H,4,24-27H2,1-3H3,(H,44,47)/t34-,35-,42?/m1/s1. The molecule has 0 spiro atoms. The van der Waals surface area contributed by atoms with Crippen LogP contribution in [-0.2, 0) is 25.5 Å². The summed E-state index contributed by atoms with van der Waals surface area (Å²) in [5.41, 5.74) is 6.28. The summed E-state index contributed by atoms with van der Waals surface area (Å²) >= 11 is 0. The summed E-state index contributed by atoms with van der Waals surface area (Å²) in [5.74, 6) is -0.915. The lowest BCUT2D eigenvalue weighted by atomic mass is 9.94. The van der Waals surface area contributed by atoms with Crippen molar-refractivity contribution in [2.75, 3.05) is 11.9 Å². The molecule has 258 valence electrons. The molecule has 1 aliphatic rings. The fourth-order valence-corrected chi connectivity index (χ4v) is 6.76. The van der Waals surface area contributed by atoms with Gasteiger partial charge in [0.05, 0.1) is 36.5 Å². The van der Waals surface area contributed by atoms with Crippen molar-refractivity contribution in [1.82, 2.24) is 4.57 Å². The van der Waals surface area contributed by atoms with E-state index in [9.17, 15) is 14.0 Å². The molecule has 1 amide bonds. The second-order valence-corrected chi connectivity index (χ2v) is 12.8. The van der Waals surface area contributed by atoms with Gasteiger partial charge in [-0.3, -0.25) is 9.59 Å². The summed E-state index contributed by atoms with van der Waals surface area (Å²) in [7, 11) is 0. The summed E-state index contributed by atoms with van der Waals surface area (Å²) < 4.78 is 34.6. The van der Waals surface area contributed by atoms with Gasteiger partial charge in [-0.25, -0.2) is 4.39 Å². The second kappa shape index (κ2) is 16.1. The van der Waals surface area contributed by atoms with Gasteiger partial charge in [0.15, 0.2) is 6.29 Å². The van der Waals surface area contributed by atoms with Crippen molar-refractivity contribution in [2.45, 2.75) is 71.0 Å². The normalized spacial score (nSPS) is 17.4. The number of aromatic nitrogens is 1. The molecule has 8 heteroatoms. The maximum atomic E-state index is 14.4. The van der Waals surface area contributed by atoms with Crippen molar-refractivity contribution < 1.29 is 28.2 Å². The molecule has 6 rings (SSSR count). The molecule has 1 saturated heterocycles. The summed E-state index contributed by atoms with van der Waals surface area (Å²) in [4.78, 5) is 27.0. The number of anilines is 1. The third-order valence-corrected chi connectivity index (χ3v) is 8.89. The molecule has 50 heavy (non-hydrogen) atoms. The maximum Gasteiger partial charge on any atom is 0.308 e. The van der Waals surface area contributed by atoms with E-state index in [4.69, 9.17) is 14.2 Å². The van der Waals surface area contributed by atoms with E-state index in [1.807, 2.05) is 91.0 Å². The number of ether oxygens (including phenoxy) is 3. The number of carbonyl (C=O) groups excluding carboxylic acids is 2. The van der Waals surface area contributed by atoms with Crippen LogP contribution in [0.3, 0.4) is 0 Å². The molecule has 2 heterocycles. The van der Waals surface area contributed by atoms with E-state index < -0.39 is 12.4 Å². The number of rotatable bonds is 12. The fourth-order valence-electron chi connectivity index (χ4n) is 6.76. The van der Waals surface area contributed by atoms with Crippen molar-refractivity contribution in [2.24, 2.45) is 0 Å². The lowest BCUT2D eigenvalue weighted by Gasteiger charge is -2.36. The van der Waals surface area contributed by atoms with Gasteiger partial charge in [-0.15, -0.1) is 0 Å². The molecule has 4 aromatic carbocycles. The molecule has 1 fully saturated rings. The highest BCUT2D eigenvalue weighted by molar-refractivity contribution is 6.12. The Hall–Kier alpha value is -5.05. The number of halogens is 1. The largest absolute Gasteiger partial charge is 0.466 e. The lowest BCUT2D eigenvalue weighted by Crippen LogP contribution is -2.36. The monoisotopic (exact) mass is 674 g/mol. The van der Waals surface area contributed by atoms with Gasteiger partial charge in [-0.2, -0.15) is 0 Å². The zero-order valence-corrected chi connectivity index (χ0v) is 28.7. The van der Waals surface area contributed by atoms with Crippen LogP contribution in [0.2, 0.25) is 0 Å². The predicted molar refractivity (Wildman–Crippen MR) is 193 cm³/mol. The van der Waals surface area contributed by atoms with E-state index in [1.165, 1.54) is 12.1 Å². The molecule has 1 unspecified atom stereocenters. The molecule has 0 saturated carbocycles. The van der Waals surface area contributed by atoms with Crippen LogP contribution in [0.5, 0.6) is 0 Å². The van der Waals surface area contributed by atoms with Crippen molar-refractivity contribution in [1.29, 1.82) is 0 Å². The van der Waals surface area contributed by atoms with E-state index in [2.05, 4.69) is 23.7 Å². The predicted octanol–water partition coefficient (Wildman–Crippen LogP) is 9.55. The zero-order chi connectivity index (χ0) is 35.0. The quantitative estimate of drug-likeness (QED) is 0.133. The first-order chi connectivity index (χ1) is 24.3. The number of para-hydroxylation sites is 1. The molecule has 1 aromatic heterocycles. The van der Waals surface area contributed by atoms with E-state index in [-0.39, 0.29) is 36.1 Å². The lowest BCUT2D eigenvalue weighted by molar-refractivity contribution is -0.250. The Morgan fingerprint density at radius 2 is 1.46 bits per heavy atom. The van der Waals surface area contributed by atoms with Crippen LogP contribution >= 0.6 is 0 Å². The Balaban J connectivity index is 1.44. The van der Waals surface area contributed by atoms with Gasteiger partial charge in [-0.1, -0.05) is 92.7 Å². The third-order valence-electron chi connectivity index (χ3n) is 8.89. The maximum absolute atomic E-state index is 14.4. The van der Waals surface area contributed by atoms with Gasteiger partial charge < -0.3 is 24.1 Å². The number of carbonyl (C=O) groups is 2. The highest BCUT2D eigenvalue weighted by Gasteiger charge is 2.35. The molecule has 5 aromatic rings. The number of hydrogen-bond donors (Lipinski definition) is 1. The fraction of sp³-hybridized carbons (Fsp3) is 0.286. The number of esters is 1. The first-order valence-electron chi connectivity index (χ1n) is 17.3. The highest BCUT2D eigenvalue weighted by Crippen LogP contribution is 2.43. The summed E-state index contributed by atoms with van der Waals surface area (Å²) in [6.45, 7) is 6.75. The molecule has 1 N–H and O–H groups in total. The minimum atomic E-state index is -0.646. The van der Waals surface area contributed by atoms with Crippen molar-refractivity contribution in [3.63, 3.8) is 0 Å². The molecule has 0 aliphatic carbocycles. The number of benzene rings is 4. The SMILES string of the molecule is CCOC(=O)C[C@H]1C[C@@H](CCn2c(-c3ccc(F)cc3)c(-c3ccccc3)c(C(=O)Nc3ccccc3)c2C(C)C)OC(c2ccccc2)O1. The van der Waals surface area contributed by atoms with Gasteiger partial charge in [0.1, 0.15) is 5.82 Å². The highest BCUT2D eigenvalue weighted by atomic mass is 19.1. The van der Waals surface area contributed by atoms with Crippen molar-refractivity contribution in [3.05, 3.63) is 138 Å². The Kier molecular flexibility index (Phi) is 11.2. The van der Waals surface area contributed by atoms with E-state index in [1.54, 1.807) is 19.1 Å². The zero-order valence-electron chi connectivity index (χ0n) is 28.7. The Bertz CT molecular complexity index is 1870. The number of hydrogen-bond acceptors (Lipinski definition) is 5. The third kappa shape index (κ3) is 8.04. The van der Waals surface area contributed by atoms with Gasteiger partial charge in [0.2, 0.25) is 0 Å². The van der Waals surface area contributed by atoms with E-state index in [0.717, 1.165) is 33.6 Å². The molecular formula is C42H43FN2O5. The number of nitrogens with zero attached hydrogens (tertiary/aromatic N) is 1. The molecule has 0 bridgehead atoms. The van der Waals surface area contributed by atoms with E-state index in [0.29, 0.717) is 37.2 Å². The first kappa shape index (κ1) is 34.8.